The maximum absolute atomic E-state index is 12.1. The lowest BCUT2D eigenvalue weighted by Gasteiger charge is -2.34. The fraction of sp³-hybridized carbons (Fsp3) is 0.455. The number of carbonyl (C=O) groups excluding carboxylic acids is 1. The number of amides is 1. The van der Waals surface area contributed by atoms with E-state index in [0.717, 1.165) is 0 Å². The van der Waals surface area contributed by atoms with Crippen LogP contribution in [0.5, 0.6) is 0 Å². The summed E-state index contributed by atoms with van der Waals surface area (Å²) in [5.74, 6) is -1.32. The summed E-state index contributed by atoms with van der Waals surface area (Å²) in [6, 6.07) is 1.55. The highest BCUT2D eigenvalue weighted by Gasteiger charge is 2.33. The topological polar surface area (TPSA) is 80.0 Å². The van der Waals surface area contributed by atoms with Crippen LogP contribution in [0.2, 0.25) is 0 Å². The molecule has 0 aromatic carbocycles. The number of aliphatic carboxylic acids is 1. The van der Waals surface area contributed by atoms with Gasteiger partial charge >= 0.3 is 5.97 Å². The van der Waals surface area contributed by atoms with Gasteiger partial charge < -0.3 is 19.2 Å². The minimum Gasteiger partial charge on any atom is -0.479 e. The lowest BCUT2D eigenvalue weighted by Crippen LogP contribution is -2.51. The number of ether oxygens (including phenoxy) is 1. The summed E-state index contributed by atoms with van der Waals surface area (Å²) in [5.41, 5.74) is 0.389. The van der Waals surface area contributed by atoms with Gasteiger partial charge in [0.15, 0.2) is 10.8 Å². The lowest BCUT2D eigenvalue weighted by molar-refractivity contribution is -0.160. The van der Waals surface area contributed by atoms with Crippen molar-refractivity contribution in [1.29, 1.82) is 0 Å². The molecule has 2 heterocycles. The number of halogens is 1. The van der Waals surface area contributed by atoms with Crippen molar-refractivity contribution in [3.63, 3.8) is 0 Å². The van der Waals surface area contributed by atoms with Gasteiger partial charge in [0.2, 0.25) is 0 Å². The minimum absolute atomic E-state index is 0.0430. The van der Waals surface area contributed by atoms with Gasteiger partial charge in [0.1, 0.15) is 6.26 Å². The second-order valence-electron chi connectivity index (χ2n) is 4.12. The smallest absolute Gasteiger partial charge is 0.334 e. The molecule has 2 atom stereocenters. The molecule has 2 rings (SSSR count). The largest absolute Gasteiger partial charge is 0.479 e. The Bertz CT molecular complexity index is 472. The molecule has 1 aromatic heterocycles. The fourth-order valence-corrected chi connectivity index (χ4v) is 2.20. The monoisotopic (exact) mass is 317 g/mol. The van der Waals surface area contributed by atoms with E-state index in [1.807, 2.05) is 0 Å². The van der Waals surface area contributed by atoms with E-state index >= 15 is 0 Å². The summed E-state index contributed by atoms with van der Waals surface area (Å²) in [7, 11) is 0. The van der Waals surface area contributed by atoms with E-state index in [9.17, 15) is 9.59 Å². The molecule has 1 aliphatic heterocycles. The molecule has 6 nitrogen and oxygen atoms in total. The zero-order chi connectivity index (χ0) is 13.3. The number of carboxylic acid groups (broad SMARTS) is 1. The fourth-order valence-electron chi connectivity index (χ4n) is 1.86. The summed E-state index contributed by atoms with van der Waals surface area (Å²) in [4.78, 5) is 24.5. The zero-order valence-electron chi connectivity index (χ0n) is 9.63. The van der Waals surface area contributed by atoms with Gasteiger partial charge in [-0.1, -0.05) is 0 Å². The average Bonchev–Trinajstić information content (AvgIpc) is 2.74. The Labute approximate surface area is 112 Å². The second-order valence-corrected chi connectivity index (χ2v) is 4.90. The van der Waals surface area contributed by atoms with Crippen LogP contribution < -0.4 is 0 Å². The second kappa shape index (κ2) is 5.11. The molecule has 0 bridgehead atoms. The maximum atomic E-state index is 12.1. The summed E-state index contributed by atoms with van der Waals surface area (Å²) >= 11 is 3.12. The molecular formula is C11H12BrNO5. The number of furan rings is 1. The van der Waals surface area contributed by atoms with Crippen LogP contribution in [0.4, 0.5) is 0 Å². The molecule has 1 unspecified atom stereocenters. The molecule has 1 amide bonds. The molecule has 1 aliphatic rings. The predicted octanol–water partition coefficient (Wildman–Crippen LogP) is 1.36. The van der Waals surface area contributed by atoms with Crippen LogP contribution in [-0.2, 0) is 9.53 Å². The van der Waals surface area contributed by atoms with Crippen molar-refractivity contribution < 1.29 is 23.8 Å². The molecule has 0 saturated carbocycles. The number of hydrogen-bond donors (Lipinski definition) is 1. The molecule has 1 aromatic rings. The third-order valence-electron chi connectivity index (χ3n) is 2.64. The van der Waals surface area contributed by atoms with Crippen LogP contribution in [0, 0.1) is 0 Å². The Balaban J connectivity index is 2.12. The summed E-state index contributed by atoms with van der Waals surface area (Å²) in [6.45, 7) is 2.15. The number of morpholine rings is 1. The number of nitrogens with zero attached hydrogens (tertiary/aromatic N) is 1. The highest BCUT2D eigenvalue weighted by molar-refractivity contribution is 9.10. The summed E-state index contributed by atoms with van der Waals surface area (Å²) in [6.07, 6.45) is 0.0506. The van der Waals surface area contributed by atoms with Gasteiger partial charge in [-0.05, 0) is 22.9 Å². The van der Waals surface area contributed by atoms with Gasteiger partial charge in [0, 0.05) is 12.6 Å². The van der Waals surface area contributed by atoms with E-state index in [4.69, 9.17) is 14.3 Å². The Morgan fingerprint density at radius 2 is 2.22 bits per heavy atom. The van der Waals surface area contributed by atoms with Crippen LogP contribution in [0.25, 0.3) is 0 Å². The van der Waals surface area contributed by atoms with Crippen LogP contribution in [0.1, 0.15) is 17.3 Å². The van der Waals surface area contributed by atoms with Crippen molar-refractivity contribution in [3.8, 4) is 0 Å². The van der Waals surface area contributed by atoms with Gasteiger partial charge in [0.05, 0.1) is 18.2 Å². The van der Waals surface area contributed by atoms with Crippen LogP contribution in [0.15, 0.2) is 21.4 Å². The average molecular weight is 318 g/mol. The van der Waals surface area contributed by atoms with Crippen molar-refractivity contribution in [1.82, 2.24) is 4.90 Å². The third kappa shape index (κ3) is 2.73. The molecule has 1 saturated heterocycles. The molecule has 0 spiro atoms. The lowest BCUT2D eigenvalue weighted by atomic mass is 10.2. The summed E-state index contributed by atoms with van der Waals surface area (Å²) in [5, 5.41) is 8.94. The van der Waals surface area contributed by atoms with Gasteiger partial charge in [-0.3, -0.25) is 4.79 Å². The number of hydrogen-bond acceptors (Lipinski definition) is 4. The van der Waals surface area contributed by atoms with Crippen LogP contribution in [-0.4, -0.2) is 47.2 Å². The normalized spacial score (nSPS) is 24.0. The quantitative estimate of drug-likeness (QED) is 0.890. The number of carbonyl (C=O) groups is 2. The van der Waals surface area contributed by atoms with Crippen molar-refractivity contribution >= 4 is 27.8 Å². The van der Waals surface area contributed by atoms with Crippen molar-refractivity contribution in [2.75, 3.05) is 13.1 Å². The molecule has 1 N–H and O–H groups in total. The SMILES string of the molecule is C[C@@H]1CN(C(=O)c2coc(Br)c2)CC(C(=O)O)O1. The first-order valence-corrected chi connectivity index (χ1v) is 6.18. The Morgan fingerprint density at radius 1 is 1.50 bits per heavy atom. The molecule has 18 heavy (non-hydrogen) atoms. The van der Waals surface area contributed by atoms with E-state index in [2.05, 4.69) is 15.9 Å². The predicted molar refractivity (Wildman–Crippen MR) is 64.3 cm³/mol. The van der Waals surface area contributed by atoms with Crippen molar-refractivity contribution in [2.24, 2.45) is 0 Å². The minimum atomic E-state index is -1.06. The Kier molecular flexibility index (Phi) is 3.72. The molecular weight excluding hydrogens is 306 g/mol. The van der Waals surface area contributed by atoms with Gasteiger partial charge in [0.25, 0.3) is 5.91 Å². The Hall–Kier alpha value is -1.34. The summed E-state index contributed by atoms with van der Waals surface area (Å²) < 4.78 is 10.7. The molecule has 1 fully saturated rings. The first-order chi connectivity index (χ1) is 8.47. The van der Waals surface area contributed by atoms with Gasteiger partial charge in [-0.15, -0.1) is 0 Å². The highest BCUT2D eigenvalue weighted by Crippen LogP contribution is 2.19. The van der Waals surface area contributed by atoms with E-state index in [-0.39, 0.29) is 18.6 Å². The third-order valence-corrected chi connectivity index (χ3v) is 3.05. The van der Waals surface area contributed by atoms with Crippen molar-refractivity contribution in [3.05, 3.63) is 22.6 Å². The van der Waals surface area contributed by atoms with Gasteiger partial charge in [-0.2, -0.15) is 0 Å². The first kappa shape index (κ1) is 13.1. The Morgan fingerprint density at radius 3 is 2.78 bits per heavy atom. The van der Waals surface area contributed by atoms with E-state index in [0.29, 0.717) is 16.8 Å². The van der Waals surface area contributed by atoms with Gasteiger partial charge in [-0.25, -0.2) is 4.79 Å². The van der Waals surface area contributed by atoms with E-state index < -0.39 is 12.1 Å². The standard InChI is InChI=1S/C11H12BrNO5/c1-6-3-13(4-8(18-6)11(15)16)10(14)7-2-9(12)17-5-7/h2,5-6,8H,3-4H2,1H3,(H,15,16)/t6-,8?/m1/s1. The van der Waals surface area contributed by atoms with E-state index in [1.165, 1.54) is 11.2 Å². The maximum Gasteiger partial charge on any atom is 0.334 e. The molecule has 0 radical (unpaired) electrons. The number of carboxylic acids is 1. The number of rotatable bonds is 2. The first-order valence-electron chi connectivity index (χ1n) is 5.39. The zero-order valence-corrected chi connectivity index (χ0v) is 11.2. The molecule has 98 valence electrons. The highest BCUT2D eigenvalue weighted by atomic mass is 79.9. The molecule has 0 aliphatic carbocycles. The van der Waals surface area contributed by atoms with E-state index in [1.54, 1.807) is 13.0 Å². The molecule has 7 heteroatoms. The van der Waals surface area contributed by atoms with Crippen LogP contribution >= 0.6 is 15.9 Å². The van der Waals surface area contributed by atoms with Crippen LogP contribution in [0.3, 0.4) is 0 Å². The van der Waals surface area contributed by atoms with Crippen molar-refractivity contribution in [2.45, 2.75) is 19.1 Å².